The maximum absolute atomic E-state index is 13.5. The minimum absolute atomic E-state index is 0.0322. The second kappa shape index (κ2) is 14.0. The van der Waals surface area contributed by atoms with Gasteiger partial charge in [0.25, 0.3) is 0 Å². The summed E-state index contributed by atoms with van der Waals surface area (Å²) < 4.78 is 13.5. The van der Waals surface area contributed by atoms with E-state index >= 15 is 0 Å². The third-order valence-electron chi connectivity index (χ3n) is 8.09. The Hall–Kier alpha value is -4.28. The smallest absolute Gasteiger partial charge is 0.335 e. The maximum Gasteiger partial charge on any atom is 0.335 e. The van der Waals surface area contributed by atoms with Crippen molar-refractivity contribution >= 4 is 46.9 Å². The number of benzene rings is 3. The van der Waals surface area contributed by atoms with Crippen LogP contribution in [0.5, 0.6) is 0 Å². The van der Waals surface area contributed by atoms with E-state index < -0.39 is 17.9 Å². The third-order valence-corrected chi connectivity index (χ3v) is 8.38. The number of carboxylic acids is 1. The van der Waals surface area contributed by atoms with Crippen molar-refractivity contribution in [2.45, 2.75) is 44.2 Å². The van der Waals surface area contributed by atoms with Gasteiger partial charge in [0.2, 0.25) is 5.91 Å². The number of anilines is 2. The molecule has 0 aromatic heterocycles. The number of hydrogen-bond donors (Lipinski definition) is 2. The van der Waals surface area contributed by atoms with Gasteiger partial charge in [-0.15, -0.1) is 0 Å². The van der Waals surface area contributed by atoms with Crippen molar-refractivity contribution in [3.8, 4) is 0 Å². The number of hydrogen-bond acceptors (Lipinski definition) is 7. The summed E-state index contributed by atoms with van der Waals surface area (Å²) in [4.78, 5) is 43.9. The van der Waals surface area contributed by atoms with Gasteiger partial charge in [-0.2, -0.15) is 0 Å². The molecule has 3 aromatic carbocycles. The number of carboxylic acid groups (broad SMARTS) is 1. The van der Waals surface area contributed by atoms with E-state index in [1.807, 2.05) is 7.05 Å². The van der Waals surface area contributed by atoms with Crippen LogP contribution in [0.1, 0.15) is 58.8 Å². The van der Waals surface area contributed by atoms with Crippen molar-refractivity contribution in [1.29, 1.82) is 0 Å². The minimum Gasteiger partial charge on any atom is -0.478 e. The number of nitrogens with zero attached hydrogens (tertiary/aromatic N) is 3. The zero-order chi connectivity index (χ0) is 31.2. The number of carbonyl (C=O) groups is 3. The molecule has 230 valence electrons. The molecule has 3 aliphatic rings. The number of nitrogens with one attached hydrogen (secondary N) is 1. The molecule has 6 rings (SSSR count). The molecule has 9 nitrogen and oxygen atoms in total. The highest BCUT2D eigenvalue weighted by atomic mass is 35.5. The summed E-state index contributed by atoms with van der Waals surface area (Å²) in [5.41, 5.74) is 5.13. The van der Waals surface area contributed by atoms with Gasteiger partial charge in [0, 0.05) is 43.0 Å². The molecule has 1 fully saturated rings. The lowest BCUT2D eigenvalue weighted by atomic mass is 9.90. The Kier molecular flexibility index (Phi) is 9.92. The Bertz CT molecular complexity index is 1560. The average molecular weight is 621 g/mol. The first-order valence-corrected chi connectivity index (χ1v) is 15.0. The molecule has 0 saturated carbocycles. The number of aldehydes is 1. The number of fused-ring (bicyclic) bond motifs is 1. The summed E-state index contributed by atoms with van der Waals surface area (Å²) in [5.74, 6) is -1.60. The van der Waals surface area contributed by atoms with Gasteiger partial charge < -0.3 is 20.2 Å². The molecule has 0 radical (unpaired) electrons. The quantitative estimate of drug-likeness (QED) is 0.339. The predicted molar refractivity (Wildman–Crippen MR) is 167 cm³/mol. The lowest BCUT2D eigenvalue weighted by Gasteiger charge is -2.37. The molecule has 2 atom stereocenters. The van der Waals surface area contributed by atoms with Gasteiger partial charge >= 0.3 is 5.97 Å². The zero-order valence-electron chi connectivity index (χ0n) is 24.3. The summed E-state index contributed by atoms with van der Waals surface area (Å²) in [6, 6.07) is 16.9. The second-order valence-electron chi connectivity index (χ2n) is 11.0. The van der Waals surface area contributed by atoms with E-state index in [1.165, 1.54) is 48.7 Å². The highest BCUT2D eigenvalue weighted by molar-refractivity contribution is 6.31. The number of rotatable bonds is 6. The molecule has 3 heterocycles. The summed E-state index contributed by atoms with van der Waals surface area (Å²) in [6.45, 7) is 2.99. The van der Waals surface area contributed by atoms with Gasteiger partial charge in [-0.25, -0.2) is 9.18 Å². The lowest BCUT2D eigenvalue weighted by Crippen LogP contribution is -2.40. The molecule has 2 unspecified atom stereocenters. The minimum atomic E-state index is -0.978. The van der Waals surface area contributed by atoms with E-state index in [0.29, 0.717) is 17.7 Å². The van der Waals surface area contributed by atoms with Gasteiger partial charge in [-0.1, -0.05) is 35.0 Å². The largest absolute Gasteiger partial charge is 0.478 e. The van der Waals surface area contributed by atoms with Gasteiger partial charge in [-0.3, -0.25) is 14.5 Å². The van der Waals surface area contributed by atoms with Crippen molar-refractivity contribution < 1.29 is 28.7 Å². The predicted octanol–water partition coefficient (Wildman–Crippen LogP) is 5.71. The molecule has 0 aliphatic carbocycles. The van der Waals surface area contributed by atoms with Crippen LogP contribution in [-0.4, -0.2) is 66.7 Å². The van der Waals surface area contributed by atoms with Crippen LogP contribution in [0.3, 0.4) is 0 Å². The van der Waals surface area contributed by atoms with E-state index in [1.54, 1.807) is 24.3 Å². The molecular weight excluding hydrogens is 587 g/mol. The summed E-state index contributed by atoms with van der Waals surface area (Å²) in [5, 5.41) is 15.7. The Morgan fingerprint density at radius 1 is 1.05 bits per heavy atom. The number of halogens is 2. The first kappa shape index (κ1) is 31.2. The van der Waals surface area contributed by atoms with E-state index in [2.05, 4.69) is 38.5 Å². The van der Waals surface area contributed by atoms with E-state index in [9.17, 15) is 18.8 Å². The van der Waals surface area contributed by atoms with Crippen LogP contribution >= 0.6 is 11.6 Å². The molecule has 3 aromatic rings. The molecular formula is C33H34ClFN4O5. The van der Waals surface area contributed by atoms with E-state index in [4.69, 9.17) is 21.5 Å². The number of amides is 1. The van der Waals surface area contributed by atoms with Crippen LogP contribution in [0.4, 0.5) is 15.8 Å². The number of carbonyl (C=O) groups excluding carboxylic acids is 2. The topological polar surface area (TPSA) is 112 Å². The average Bonchev–Trinajstić information content (AvgIpc) is 3.52. The summed E-state index contributed by atoms with van der Waals surface area (Å²) in [7, 11) is 1.98. The highest BCUT2D eigenvalue weighted by Crippen LogP contribution is 2.36. The van der Waals surface area contributed by atoms with Crippen LogP contribution < -0.4 is 10.2 Å². The van der Waals surface area contributed by atoms with Crippen LogP contribution in [0.15, 0.2) is 65.8 Å². The Labute approximate surface area is 260 Å². The first-order valence-electron chi connectivity index (χ1n) is 14.6. The standard InChI is InChI=1S/C23H27N3O3.C10H7ClFNO2/c1-25-15-12-18-19(6-5-7-20(18)26-13-3-2-4-14-26)21(25)22(27)24-17-10-8-16(9-11-17)23(28)29;11-8-3-1-2-7(10(8)12)9-4-6(5-14)15-13-9/h5-11,21H,2-4,12-15H2,1H3,(H,24,27)(H,28,29);1-3,5-6H,4H2. The molecule has 1 amide bonds. The number of piperidine rings is 1. The fourth-order valence-electron chi connectivity index (χ4n) is 5.81. The van der Waals surface area contributed by atoms with E-state index in [-0.39, 0.29) is 34.5 Å². The Morgan fingerprint density at radius 3 is 2.45 bits per heavy atom. The molecule has 3 aliphatic heterocycles. The van der Waals surface area contributed by atoms with Crippen molar-refractivity contribution in [3.63, 3.8) is 0 Å². The SMILES string of the molecule is CN1CCc2c(cccc2N2CCCCC2)C1C(=O)Nc1ccc(C(=O)O)cc1.O=CC1CC(c2cccc(Cl)c2F)=NO1. The molecule has 44 heavy (non-hydrogen) atoms. The highest BCUT2D eigenvalue weighted by Gasteiger charge is 2.33. The van der Waals surface area contributed by atoms with Gasteiger partial charge in [0.1, 0.15) is 6.04 Å². The van der Waals surface area contributed by atoms with Crippen LogP contribution in [0.25, 0.3) is 0 Å². The van der Waals surface area contributed by atoms with Crippen molar-refractivity contribution in [3.05, 3.63) is 93.8 Å². The maximum atomic E-state index is 13.5. The second-order valence-corrected chi connectivity index (χ2v) is 11.4. The molecule has 0 spiro atoms. The van der Waals surface area contributed by atoms with Crippen LogP contribution in [0.2, 0.25) is 5.02 Å². The molecule has 2 N–H and O–H groups in total. The summed E-state index contributed by atoms with van der Waals surface area (Å²) >= 11 is 5.62. The van der Waals surface area contributed by atoms with Crippen molar-refractivity contribution in [2.24, 2.45) is 5.16 Å². The molecule has 0 bridgehead atoms. The van der Waals surface area contributed by atoms with Crippen LogP contribution in [-0.2, 0) is 20.8 Å². The monoisotopic (exact) mass is 620 g/mol. The van der Waals surface area contributed by atoms with Crippen molar-refractivity contribution in [2.75, 3.05) is 36.9 Å². The fraction of sp³-hybridized carbons (Fsp3) is 0.333. The third kappa shape index (κ3) is 6.92. The van der Waals surface area contributed by atoms with Gasteiger partial charge in [-0.05, 0) is 86.3 Å². The normalized spacial score (nSPS) is 19.5. The van der Waals surface area contributed by atoms with Crippen molar-refractivity contribution in [1.82, 2.24) is 4.90 Å². The van der Waals surface area contributed by atoms with Gasteiger partial charge in [0.05, 0.1) is 16.3 Å². The van der Waals surface area contributed by atoms with Crippen LogP contribution in [0, 0.1) is 5.82 Å². The Morgan fingerprint density at radius 2 is 1.77 bits per heavy atom. The first-order chi connectivity index (χ1) is 21.3. The zero-order valence-corrected chi connectivity index (χ0v) is 25.1. The number of oxime groups is 1. The molecule has 1 saturated heterocycles. The van der Waals surface area contributed by atoms with E-state index in [0.717, 1.165) is 31.6 Å². The van der Waals surface area contributed by atoms with Gasteiger partial charge in [0.15, 0.2) is 18.2 Å². The number of likely N-dealkylation sites (N-methyl/N-ethyl adjacent to an activating group) is 1. The summed E-state index contributed by atoms with van der Waals surface area (Å²) in [6.07, 6.45) is 4.98. The fourth-order valence-corrected chi connectivity index (χ4v) is 5.98. The molecule has 11 heteroatoms. The number of aromatic carboxylic acids is 1. The lowest BCUT2D eigenvalue weighted by molar-refractivity contribution is -0.121. The Balaban J connectivity index is 0.000000215.